The molecule has 2 aliphatic rings. The van der Waals surface area contributed by atoms with E-state index in [-0.39, 0.29) is 18.4 Å². The van der Waals surface area contributed by atoms with Gasteiger partial charge < -0.3 is 14.6 Å². The van der Waals surface area contributed by atoms with Crippen LogP contribution in [0.15, 0.2) is 66.7 Å². The van der Waals surface area contributed by atoms with Crippen molar-refractivity contribution in [2.45, 2.75) is 12.7 Å². The molecule has 0 amide bonds. The number of benzene rings is 3. The second kappa shape index (κ2) is 9.73. The quantitative estimate of drug-likeness (QED) is 0.499. The zero-order valence-corrected chi connectivity index (χ0v) is 19.9. The third kappa shape index (κ3) is 4.46. The lowest BCUT2D eigenvalue weighted by molar-refractivity contribution is -0.0929. The lowest BCUT2D eigenvalue weighted by Gasteiger charge is -2.38. The topological polar surface area (TPSA) is 65.7 Å². The predicted octanol–water partition coefficient (Wildman–Crippen LogP) is 5.15. The van der Waals surface area contributed by atoms with Crippen molar-refractivity contribution in [2.75, 3.05) is 32.9 Å². The number of nitriles is 1. The van der Waals surface area contributed by atoms with E-state index in [0.717, 1.165) is 30.8 Å². The number of ether oxygens (including phenoxy) is 2. The fourth-order valence-corrected chi connectivity index (χ4v) is 4.84. The maximum Gasteiger partial charge on any atom is 0.262 e. The lowest BCUT2D eigenvalue weighted by atomic mass is 9.83. The maximum absolute atomic E-state index is 13.7. The van der Waals surface area contributed by atoms with Gasteiger partial charge in [-0.2, -0.15) is 5.26 Å². The van der Waals surface area contributed by atoms with Crippen molar-refractivity contribution in [1.29, 1.82) is 5.26 Å². The molecule has 0 saturated carbocycles. The normalized spacial score (nSPS) is 19.8. The van der Waals surface area contributed by atoms with Crippen molar-refractivity contribution >= 4 is 11.1 Å². The summed E-state index contributed by atoms with van der Waals surface area (Å²) < 4.78 is 38.3. The van der Waals surface area contributed by atoms with Gasteiger partial charge in [0.1, 0.15) is 23.9 Å². The number of allylic oxidation sites excluding steroid dienone is 1. The summed E-state index contributed by atoms with van der Waals surface area (Å²) in [5.74, 6) is -1.09. The molecule has 7 heteroatoms. The molecule has 1 atom stereocenters. The summed E-state index contributed by atoms with van der Waals surface area (Å²) in [6.45, 7) is 4.31. The number of likely N-dealkylation sites (tertiary alicyclic amines) is 1. The van der Waals surface area contributed by atoms with E-state index in [9.17, 15) is 19.1 Å². The number of rotatable bonds is 7. The fraction of sp³-hybridized carbons (Fsp3) is 0.276. The molecular weight excluding hydrogens is 462 g/mol. The number of nitrogens with zero attached hydrogens (tertiary/aromatic N) is 2. The monoisotopic (exact) mass is 488 g/mol. The molecule has 3 aromatic rings. The van der Waals surface area contributed by atoms with E-state index in [1.165, 1.54) is 12.1 Å². The number of alkyl halides is 1. The first-order valence-corrected chi connectivity index (χ1v) is 11.9. The molecule has 5 nitrogen and oxygen atoms in total. The highest BCUT2D eigenvalue weighted by molar-refractivity contribution is 5.96. The van der Waals surface area contributed by atoms with Gasteiger partial charge in [-0.3, -0.25) is 9.29 Å². The Balaban J connectivity index is 1.44. The van der Waals surface area contributed by atoms with Gasteiger partial charge in [-0.25, -0.2) is 4.39 Å². The van der Waals surface area contributed by atoms with Gasteiger partial charge in [0.05, 0.1) is 18.3 Å². The van der Waals surface area contributed by atoms with Crippen LogP contribution in [-0.2, 0) is 5.79 Å². The average molecular weight is 489 g/mol. The highest BCUT2D eigenvalue weighted by atomic mass is 19.1. The first-order valence-electron chi connectivity index (χ1n) is 11.9. The molecule has 0 aliphatic carbocycles. The Labute approximate surface area is 208 Å². The third-order valence-corrected chi connectivity index (χ3v) is 6.79. The number of hydrogen-bond acceptors (Lipinski definition) is 5. The van der Waals surface area contributed by atoms with E-state index in [4.69, 9.17) is 9.47 Å². The van der Waals surface area contributed by atoms with Gasteiger partial charge in [0.2, 0.25) is 0 Å². The van der Waals surface area contributed by atoms with Gasteiger partial charge in [-0.15, -0.1) is 0 Å². The molecule has 2 aliphatic heterocycles. The largest absolute Gasteiger partial charge is 0.492 e. The van der Waals surface area contributed by atoms with Crippen LogP contribution >= 0.6 is 0 Å². The third-order valence-electron chi connectivity index (χ3n) is 6.79. The zero-order chi connectivity index (χ0) is 25.3. The summed E-state index contributed by atoms with van der Waals surface area (Å²) in [4.78, 5) is 2.15. The first-order chi connectivity index (χ1) is 17.4. The Morgan fingerprint density at radius 1 is 1.11 bits per heavy atom. The molecule has 1 N–H and O–H groups in total. The fourth-order valence-electron chi connectivity index (χ4n) is 4.84. The second-order valence-corrected chi connectivity index (χ2v) is 9.23. The Morgan fingerprint density at radius 3 is 2.50 bits per heavy atom. The number of hydrogen-bond donors (Lipinski definition) is 1. The number of aliphatic hydroxyl groups is 1. The SMILES string of the molecule is CC1=C(c2ccc(F)cc2)C(O)(c2ccc(OCCN3CC(CF)C3)cc2)Oc2cc(C#N)ccc21. The standard InChI is InChI=1S/C29H26F2N2O3/c1-19-26-11-2-20(16-32)14-27(26)36-29(34,28(19)22-3-7-24(31)8-4-22)23-5-9-25(10-6-23)35-13-12-33-17-21(15-30)18-33/h2-11,14,21,34H,12-13,15,17-18H2,1H3. The van der Waals surface area contributed by atoms with Crippen LogP contribution in [0.25, 0.3) is 11.1 Å². The van der Waals surface area contributed by atoms with Crippen molar-refractivity contribution in [3.8, 4) is 17.6 Å². The van der Waals surface area contributed by atoms with Gasteiger partial charge >= 0.3 is 0 Å². The van der Waals surface area contributed by atoms with E-state index in [2.05, 4.69) is 11.0 Å². The van der Waals surface area contributed by atoms with Crippen LogP contribution in [0.4, 0.5) is 8.78 Å². The van der Waals surface area contributed by atoms with Crippen LogP contribution in [-0.4, -0.2) is 42.9 Å². The molecule has 184 valence electrons. The minimum Gasteiger partial charge on any atom is -0.492 e. The highest BCUT2D eigenvalue weighted by Crippen LogP contribution is 2.49. The summed E-state index contributed by atoms with van der Waals surface area (Å²) in [5.41, 5.74) is 3.50. The van der Waals surface area contributed by atoms with Crippen LogP contribution < -0.4 is 9.47 Å². The molecule has 0 aromatic heterocycles. The number of halogens is 2. The van der Waals surface area contributed by atoms with E-state index >= 15 is 0 Å². The van der Waals surface area contributed by atoms with Crippen LogP contribution in [0.1, 0.15) is 29.2 Å². The van der Waals surface area contributed by atoms with Gasteiger partial charge in [0, 0.05) is 42.3 Å². The predicted molar refractivity (Wildman–Crippen MR) is 132 cm³/mol. The van der Waals surface area contributed by atoms with Gasteiger partial charge in [-0.05, 0) is 72.7 Å². The first kappa shape index (κ1) is 24.0. The average Bonchev–Trinajstić information content (AvgIpc) is 2.86. The van der Waals surface area contributed by atoms with Gasteiger partial charge in [0.15, 0.2) is 0 Å². The van der Waals surface area contributed by atoms with Crippen LogP contribution in [0.2, 0.25) is 0 Å². The molecular formula is C29H26F2N2O3. The van der Waals surface area contributed by atoms with Gasteiger partial charge in [0.25, 0.3) is 5.79 Å². The maximum atomic E-state index is 13.7. The zero-order valence-electron chi connectivity index (χ0n) is 19.9. The minimum atomic E-state index is -1.87. The molecule has 5 rings (SSSR count). The minimum absolute atomic E-state index is 0.140. The van der Waals surface area contributed by atoms with Crippen molar-refractivity contribution in [1.82, 2.24) is 4.90 Å². The lowest BCUT2D eigenvalue weighted by Crippen LogP contribution is -2.49. The molecule has 0 spiro atoms. The smallest absolute Gasteiger partial charge is 0.262 e. The Morgan fingerprint density at radius 2 is 1.83 bits per heavy atom. The summed E-state index contributed by atoms with van der Waals surface area (Å²) in [5, 5.41) is 21.3. The van der Waals surface area contributed by atoms with Crippen LogP contribution in [0, 0.1) is 23.1 Å². The summed E-state index contributed by atoms with van der Waals surface area (Å²) in [6.07, 6.45) is 0. The second-order valence-electron chi connectivity index (χ2n) is 9.23. The van der Waals surface area contributed by atoms with Crippen molar-refractivity contribution in [2.24, 2.45) is 5.92 Å². The molecule has 3 aromatic carbocycles. The van der Waals surface area contributed by atoms with E-state index < -0.39 is 5.79 Å². The molecule has 2 heterocycles. The molecule has 1 saturated heterocycles. The van der Waals surface area contributed by atoms with Gasteiger partial charge in [-0.1, -0.05) is 12.1 Å². The van der Waals surface area contributed by atoms with Crippen molar-refractivity contribution in [3.05, 3.63) is 94.8 Å². The molecule has 1 fully saturated rings. The Kier molecular flexibility index (Phi) is 6.48. The number of fused-ring (bicyclic) bond motifs is 1. The molecule has 0 radical (unpaired) electrons. The van der Waals surface area contributed by atoms with E-state index in [0.29, 0.717) is 40.4 Å². The van der Waals surface area contributed by atoms with Crippen LogP contribution in [0.5, 0.6) is 11.5 Å². The summed E-state index contributed by atoms with van der Waals surface area (Å²) in [6, 6.07) is 20.1. The Hall–Kier alpha value is -3.73. The van der Waals surface area contributed by atoms with Crippen molar-refractivity contribution < 1.29 is 23.4 Å². The molecule has 1 unspecified atom stereocenters. The highest BCUT2D eigenvalue weighted by Gasteiger charge is 2.43. The van der Waals surface area contributed by atoms with E-state index in [1.54, 1.807) is 54.6 Å². The Bertz CT molecular complexity index is 1330. The molecule has 0 bridgehead atoms. The summed E-state index contributed by atoms with van der Waals surface area (Å²) in [7, 11) is 0. The van der Waals surface area contributed by atoms with Crippen LogP contribution in [0.3, 0.4) is 0 Å². The van der Waals surface area contributed by atoms with E-state index in [1.807, 2.05) is 6.92 Å². The van der Waals surface area contributed by atoms with Crippen molar-refractivity contribution in [3.63, 3.8) is 0 Å². The molecule has 36 heavy (non-hydrogen) atoms. The summed E-state index contributed by atoms with van der Waals surface area (Å²) >= 11 is 0.